The van der Waals surface area contributed by atoms with Crippen molar-refractivity contribution in [1.29, 1.82) is 0 Å². The van der Waals surface area contributed by atoms with Crippen LogP contribution in [-0.4, -0.2) is 14.8 Å². The Morgan fingerprint density at radius 1 is 1.26 bits per heavy atom. The van der Waals surface area contributed by atoms with Gasteiger partial charge in [-0.15, -0.1) is 0 Å². The van der Waals surface area contributed by atoms with Gasteiger partial charge in [-0.25, -0.2) is 0 Å². The first-order valence-corrected chi connectivity index (χ1v) is 7.41. The average Bonchev–Trinajstić information content (AvgIpc) is 3.07. The van der Waals surface area contributed by atoms with Crippen molar-refractivity contribution in [3.8, 4) is 5.69 Å². The highest BCUT2D eigenvalue weighted by Crippen LogP contribution is 2.43. The predicted octanol–water partition coefficient (Wildman–Crippen LogP) is 4.15. The van der Waals surface area contributed by atoms with Crippen LogP contribution in [-0.2, 0) is 5.41 Å². The van der Waals surface area contributed by atoms with E-state index in [2.05, 4.69) is 33.8 Å². The van der Waals surface area contributed by atoms with Gasteiger partial charge in [0.25, 0.3) is 0 Å². The SMILES string of the molecule is CCC1(c2n[nH]c(=S)n2-c2ccccc2)CCCC1. The molecule has 1 aliphatic carbocycles. The van der Waals surface area contributed by atoms with E-state index in [4.69, 9.17) is 12.2 Å². The van der Waals surface area contributed by atoms with Crippen LogP contribution in [0.4, 0.5) is 0 Å². The fourth-order valence-corrected chi connectivity index (χ4v) is 3.49. The van der Waals surface area contributed by atoms with Crippen LogP contribution in [0.3, 0.4) is 0 Å². The molecule has 4 heteroatoms. The van der Waals surface area contributed by atoms with E-state index >= 15 is 0 Å². The minimum absolute atomic E-state index is 0.198. The molecule has 100 valence electrons. The van der Waals surface area contributed by atoms with Crippen LogP contribution in [0.2, 0.25) is 0 Å². The monoisotopic (exact) mass is 273 g/mol. The van der Waals surface area contributed by atoms with Crippen molar-refractivity contribution in [2.75, 3.05) is 0 Å². The summed E-state index contributed by atoms with van der Waals surface area (Å²) in [4.78, 5) is 0. The number of nitrogens with zero attached hydrogens (tertiary/aromatic N) is 2. The number of rotatable bonds is 3. The molecule has 1 fully saturated rings. The van der Waals surface area contributed by atoms with Gasteiger partial charge in [0.2, 0.25) is 0 Å². The fourth-order valence-electron chi connectivity index (χ4n) is 3.26. The van der Waals surface area contributed by atoms with Crippen molar-refractivity contribution in [3.63, 3.8) is 0 Å². The molecule has 0 saturated heterocycles. The van der Waals surface area contributed by atoms with Crippen LogP contribution in [0.25, 0.3) is 5.69 Å². The quantitative estimate of drug-likeness (QED) is 0.852. The maximum atomic E-state index is 5.43. The third-order valence-corrected chi connectivity index (χ3v) is 4.67. The topological polar surface area (TPSA) is 33.6 Å². The highest BCUT2D eigenvalue weighted by molar-refractivity contribution is 7.71. The molecule has 1 aliphatic rings. The lowest BCUT2D eigenvalue weighted by Gasteiger charge is -2.26. The number of aromatic nitrogens is 3. The summed E-state index contributed by atoms with van der Waals surface area (Å²) in [6, 6.07) is 10.3. The van der Waals surface area contributed by atoms with Gasteiger partial charge >= 0.3 is 0 Å². The summed E-state index contributed by atoms with van der Waals surface area (Å²) < 4.78 is 2.81. The average molecular weight is 273 g/mol. The van der Waals surface area contributed by atoms with Crippen molar-refractivity contribution in [3.05, 3.63) is 40.9 Å². The second-order valence-corrected chi connectivity index (χ2v) is 5.75. The molecule has 0 amide bonds. The van der Waals surface area contributed by atoms with Gasteiger partial charge in [-0.1, -0.05) is 38.0 Å². The van der Waals surface area contributed by atoms with Crippen LogP contribution in [0.15, 0.2) is 30.3 Å². The molecule has 1 saturated carbocycles. The van der Waals surface area contributed by atoms with Gasteiger partial charge in [0.1, 0.15) is 5.82 Å². The summed E-state index contributed by atoms with van der Waals surface area (Å²) in [5, 5.41) is 7.55. The number of hydrogen-bond donors (Lipinski definition) is 1. The Balaban J connectivity index is 2.16. The van der Waals surface area contributed by atoms with Gasteiger partial charge < -0.3 is 0 Å². The van der Waals surface area contributed by atoms with E-state index in [1.165, 1.54) is 25.7 Å². The second-order valence-electron chi connectivity index (χ2n) is 5.36. The molecule has 0 spiro atoms. The Morgan fingerprint density at radius 3 is 2.58 bits per heavy atom. The molecule has 1 aromatic heterocycles. The Kier molecular flexibility index (Phi) is 3.27. The Labute approximate surface area is 118 Å². The van der Waals surface area contributed by atoms with Gasteiger partial charge in [-0.05, 0) is 43.6 Å². The van der Waals surface area contributed by atoms with Crippen LogP contribution in [0.1, 0.15) is 44.9 Å². The molecule has 2 aromatic rings. The lowest BCUT2D eigenvalue weighted by molar-refractivity contribution is 0.391. The van der Waals surface area contributed by atoms with Crippen LogP contribution in [0, 0.1) is 4.77 Å². The van der Waals surface area contributed by atoms with E-state index in [9.17, 15) is 0 Å². The van der Waals surface area contributed by atoms with Crippen LogP contribution in [0.5, 0.6) is 0 Å². The number of benzene rings is 1. The van der Waals surface area contributed by atoms with Gasteiger partial charge in [-0.2, -0.15) is 5.10 Å². The summed E-state index contributed by atoms with van der Waals surface area (Å²) in [5.41, 5.74) is 1.31. The molecule has 0 radical (unpaired) electrons. The zero-order chi connectivity index (χ0) is 13.3. The van der Waals surface area contributed by atoms with E-state index in [1.54, 1.807) is 0 Å². The third-order valence-electron chi connectivity index (χ3n) is 4.40. The first-order valence-electron chi connectivity index (χ1n) is 7.00. The number of para-hydroxylation sites is 1. The molecular weight excluding hydrogens is 254 g/mol. The Hall–Kier alpha value is -1.42. The maximum Gasteiger partial charge on any atom is 0.199 e. The van der Waals surface area contributed by atoms with Crippen molar-refractivity contribution >= 4 is 12.2 Å². The molecule has 0 unspecified atom stereocenters. The van der Waals surface area contributed by atoms with Crippen molar-refractivity contribution in [2.45, 2.75) is 44.4 Å². The van der Waals surface area contributed by atoms with Gasteiger partial charge in [-0.3, -0.25) is 9.67 Å². The third kappa shape index (κ3) is 2.04. The van der Waals surface area contributed by atoms with E-state index in [0.29, 0.717) is 4.77 Å². The normalized spacial score (nSPS) is 17.7. The predicted molar refractivity (Wildman–Crippen MR) is 79.2 cm³/mol. The number of H-pyrrole nitrogens is 1. The minimum atomic E-state index is 0.198. The second kappa shape index (κ2) is 4.93. The van der Waals surface area contributed by atoms with E-state index in [0.717, 1.165) is 17.9 Å². The van der Waals surface area contributed by atoms with Crippen molar-refractivity contribution < 1.29 is 0 Å². The zero-order valence-electron chi connectivity index (χ0n) is 11.2. The van der Waals surface area contributed by atoms with Gasteiger partial charge in [0.05, 0.1) is 0 Å². The molecule has 0 bridgehead atoms. The molecule has 3 rings (SSSR count). The summed E-state index contributed by atoms with van der Waals surface area (Å²) in [6.45, 7) is 2.26. The zero-order valence-corrected chi connectivity index (χ0v) is 12.0. The summed E-state index contributed by atoms with van der Waals surface area (Å²) >= 11 is 5.43. The first-order chi connectivity index (χ1) is 9.27. The lowest BCUT2D eigenvalue weighted by Crippen LogP contribution is -2.25. The molecule has 0 aliphatic heterocycles. The maximum absolute atomic E-state index is 5.43. The Morgan fingerprint density at radius 2 is 1.95 bits per heavy atom. The molecule has 1 N–H and O–H groups in total. The summed E-state index contributed by atoms with van der Waals surface area (Å²) in [5.74, 6) is 1.11. The van der Waals surface area contributed by atoms with Crippen molar-refractivity contribution in [2.24, 2.45) is 0 Å². The first kappa shape index (κ1) is 12.6. The minimum Gasteiger partial charge on any atom is -0.272 e. The molecule has 1 aromatic carbocycles. The van der Waals surface area contributed by atoms with Crippen molar-refractivity contribution in [1.82, 2.24) is 14.8 Å². The van der Waals surface area contributed by atoms with E-state index < -0.39 is 0 Å². The van der Waals surface area contributed by atoms with E-state index in [1.807, 2.05) is 18.2 Å². The Bertz CT molecular complexity index is 606. The molecule has 3 nitrogen and oxygen atoms in total. The van der Waals surface area contributed by atoms with E-state index in [-0.39, 0.29) is 5.41 Å². The highest BCUT2D eigenvalue weighted by atomic mass is 32.1. The smallest absolute Gasteiger partial charge is 0.199 e. The summed E-state index contributed by atoms with van der Waals surface area (Å²) in [6.07, 6.45) is 6.15. The van der Waals surface area contributed by atoms with Crippen LogP contribution < -0.4 is 0 Å². The summed E-state index contributed by atoms with van der Waals surface area (Å²) in [7, 11) is 0. The lowest BCUT2D eigenvalue weighted by atomic mass is 9.82. The number of aromatic amines is 1. The molecule has 0 atom stereocenters. The largest absolute Gasteiger partial charge is 0.272 e. The van der Waals surface area contributed by atoms with Crippen LogP contribution >= 0.6 is 12.2 Å². The fraction of sp³-hybridized carbons (Fsp3) is 0.467. The highest BCUT2D eigenvalue weighted by Gasteiger charge is 2.38. The molecule has 1 heterocycles. The number of nitrogens with one attached hydrogen (secondary N) is 1. The molecular formula is C15H19N3S. The van der Waals surface area contributed by atoms with Gasteiger partial charge in [0.15, 0.2) is 4.77 Å². The standard InChI is InChI=1S/C15H19N3S/c1-2-15(10-6-7-11-15)13-16-17-14(19)18(13)12-8-4-3-5-9-12/h3-5,8-9H,2,6-7,10-11H2,1H3,(H,17,19). The number of hydrogen-bond acceptors (Lipinski definition) is 2. The van der Waals surface area contributed by atoms with Gasteiger partial charge in [0, 0.05) is 11.1 Å². The molecule has 19 heavy (non-hydrogen) atoms.